The number of aryl methyl sites for hydroxylation is 4. The summed E-state index contributed by atoms with van der Waals surface area (Å²) >= 11 is 0. The van der Waals surface area contributed by atoms with E-state index in [9.17, 15) is 0 Å². The van der Waals surface area contributed by atoms with E-state index in [1.807, 2.05) is 0 Å². The lowest BCUT2D eigenvalue weighted by atomic mass is 9.96. The lowest BCUT2D eigenvalue weighted by molar-refractivity contribution is 0.976. The van der Waals surface area contributed by atoms with E-state index in [2.05, 4.69) is 109 Å². The zero-order valence-corrected chi connectivity index (χ0v) is 18.8. The van der Waals surface area contributed by atoms with Gasteiger partial charge in [-0.1, -0.05) is 48.5 Å². The van der Waals surface area contributed by atoms with Crippen LogP contribution in [0.2, 0.25) is 0 Å². The van der Waals surface area contributed by atoms with Crippen LogP contribution in [-0.2, 0) is 25.7 Å². The maximum atomic E-state index is 2.41. The van der Waals surface area contributed by atoms with Gasteiger partial charge in [-0.3, -0.25) is 0 Å². The number of rotatable bonds is 1. The molecule has 0 saturated heterocycles. The fourth-order valence-electron chi connectivity index (χ4n) is 5.48. The standard InChI is InChI=1S/C30H28N2/c1-31-27-9-5-3-7-21(27)11-13-25-19-23(15-17-29(25)31)24-16-18-30-26(20-24)14-12-22-8-4-6-10-28(22)32(30)2/h3-10,15-20H,11-14H2,1-2H3. The van der Waals surface area contributed by atoms with Crippen LogP contribution < -0.4 is 9.80 Å². The molecule has 0 spiro atoms. The molecule has 0 amide bonds. The SMILES string of the molecule is CN1c2ccccc2CCc2cc(-c3ccc4c(c3)CCc3ccccc3N4C)ccc21. The Morgan fingerprint density at radius 3 is 1.28 bits per heavy atom. The highest BCUT2D eigenvalue weighted by Crippen LogP contribution is 2.39. The highest BCUT2D eigenvalue weighted by Gasteiger charge is 2.20. The van der Waals surface area contributed by atoms with E-state index >= 15 is 0 Å². The van der Waals surface area contributed by atoms with E-state index in [1.54, 1.807) is 0 Å². The van der Waals surface area contributed by atoms with Gasteiger partial charge in [0.25, 0.3) is 0 Å². The number of hydrogen-bond donors (Lipinski definition) is 0. The molecule has 2 aliphatic rings. The van der Waals surface area contributed by atoms with Crippen LogP contribution in [-0.4, -0.2) is 14.1 Å². The Balaban J connectivity index is 1.37. The average molecular weight is 417 g/mol. The molecule has 0 aromatic heterocycles. The van der Waals surface area contributed by atoms with Crippen molar-refractivity contribution in [2.24, 2.45) is 0 Å². The molecule has 0 fully saturated rings. The molecule has 0 unspecified atom stereocenters. The molecule has 2 aliphatic heterocycles. The van der Waals surface area contributed by atoms with E-state index < -0.39 is 0 Å². The average Bonchev–Trinajstić information content (AvgIpc) is 3.08. The Kier molecular flexibility index (Phi) is 4.53. The van der Waals surface area contributed by atoms with Gasteiger partial charge in [-0.05, 0) is 95.5 Å². The summed E-state index contributed by atoms with van der Waals surface area (Å²) in [6.07, 6.45) is 4.33. The third-order valence-electron chi connectivity index (χ3n) is 7.25. The van der Waals surface area contributed by atoms with Gasteiger partial charge in [0.1, 0.15) is 0 Å². The molecule has 0 saturated carbocycles. The molecule has 158 valence electrons. The van der Waals surface area contributed by atoms with Gasteiger partial charge in [0.05, 0.1) is 0 Å². The first-order valence-corrected chi connectivity index (χ1v) is 11.6. The smallest absolute Gasteiger partial charge is 0.0441 e. The van der Waals surface area contributed by atoms with Gasteiger partial charge in [-0.15, -0.1) is 0 Å². The highest BCUT2D eigenvalue weighted by molar-refractivity contribution is 5.78. The molecule has 0 aliphatic carbocycles. The van der Waals surface area contributed by atoms with Crippen molar-refractivity contribution in [2.45, 2.75) is 25.7 Å². The molecule has 32 heavy (non-hydrogen) atoms. The molecular weight excluding hydrogens is 388 g/mol. The number of benzene rings is 4. The Labute approximate surface area is 190 Å². The van der Waals surface area contributed by atoms with Gasteiger partial charge in [0.15, 0.2) is 0 Å². The number of nitrogens with zero attached hydrogens (tertiary/aromatic N) is 2. The van der Waals surface area contributed by atoms with E-state index in [-0.39, 0.29) is 0 Å². The number of hydrogen-bond acceptors (Lipinski definition) is 2. The second-order valence-electron chi connectivity index (χ2n) is 9.06. The van der Waals surface area contributed by atoms with Crippen molar-refractivity contribution in [3.8, 4) is 11.1 Å². The normalized spacial score (nSPS) is 14.6. The summed E-state index contributed by atoms with van der Waals surface area (Å²) in [6, 6.07) is 31.6. The summed E-state index contributed by atoms with van der Waals surface area (Å²) in [6.45, 7) is 0. The number of para-hydroxylation sites is 2. The molecule has 0 atom stereocenters. The molecule has 2 heteroatoms. The molecule has 6 rings (SSSR count). The minimum absolute atomic E-state index is 1.08. The highest BCUT2D eigenvalue weighted by atomic mass is 15.1. The maximum absolute atomic E-state index is 2.41. The fourth-order valence-corrected chi connectivity index (χ4v) is 5.48. The van der Waals surface area contributed by atoms with E-state index in [0.29, 0.717) is 0 Å². The Morgan fingerprint density at radius 2 is 0.812 bits per heavy atom. The van der Waals surface area contributed by atoms with Crippen molar-refractivity contribution in [1.82, 2.24) is 0 Å². The van der Waals surface area contributed by atoms with Gasteiger partial charge in [-0.2, -0.15) is 0 Å². The second kappa shape index (κ2) is 7.56. The predicted molar refractivity (Wildman–Crippen MR) is 136 cm³/mol. The minimum Gasteiger partial charge on any atom is -0.344 e. The zero-order valence-electron chi connectivity index (χ0n) is 18.8. The summed E-state index contributed by atoms with van der Waals surface area (Å²) in [4.78, 5) is 4.70. The van der Waals surface area contributed by atoms with E-state index in [4.69, 9.17) is 0 Å². The van der Waals surface area contributed by atoms with Crippen LogP contribution in [0.1, 0.15) is 22.3 Å². The van der Waals surface area contributed by atoms with Crippen molar-refractivity contribution in [3.05, 3.63) is 107 Å². The molecular formula is C30H28N2. The van der Waals surface area contributed by atoms with Crippen molar-refractivity contribution < 1.29 is 0 Å². The quantitative estimate of drug-likeness (QED) is 0.327. The number of anilines is 4. The van der Waals surface area contributed by atoms with Crippen LogP contribution in [0.5, 0.6) is 0 Å². The van der Waals surface area contributed by atoms with Gasteiger partial charge in [-0.25, -0.2) is 0 Å². The van der Waals surface area contributed by atoms with Crippen molar-refractivity contribution in [3.63, 3.8) is 0 Å². The predicted octanol–water partition coefficient (Wildman–Crippen LogP) is 7.09. The van der Waals surface area contributed by atoms with Gasteiger partial charge >= 0.3 is 0 Å². The largest absolute Gasteiger partial charge is 0.344 e. The topological polar surface area (TPSA) is 6.48 Å². The Bertz CT molecular complexity index is 1220. The molecule has 0 radical (unpaired) electrons. The monoisotopic (exact) mass is 416 g/mol. The van der Waals surface area contributed by atoms with Gasteiger partial charge in [0.2, 0.25) is 0 Å². The van der Waals surface area contributed by atoms with Crippen LogP contribution in [0, 0.1) is 0 Å². The van der Waals surface area contributed by atoms with Crippen LogP contribution in [0.4, 0.5) is 22.7 Å². The molecule has 0 N–H and O–H groups in total. The van der Waals surface area contributed by atoms with Gasteiger partial charge < -0.3 is 9.80 Å². The van der Waals surface area contributed by atoms with Crippen LogP contribution >= 0.6 is 0 Å². The molecule has 2 nitrogen and oxygen atoms in total. The third kappa shape index (κ3) is 3.10. The first-order chi connectivity index (χ1) is 15.7. The second-order valence-corrected chi connectivity index (χ2v) is 9.06. The first-order valence-electron chi connectivity index (χ1n) is 11.6. The van der Waals surface area contributed by atoms with Gasteiger partial charge in [0, 0.05) is 36.8 Å². The molecule has 2 heterocycles. The van der Waals surface area contributed by atoms with E-state index in [1.165, 1.54) is 56.1 Å². The maximum Gasteiger partial charge on any atom is 0.0441 e. The summed E-state index contributed by atoms with van der Waals surface area (Å²) in [7, 11) is 4.39. The summed E-state index contributed by atoms with van der Waals surface area (Å²) in [5.74, 6) is 0. The Hall–Kier alpha value is -3.52. The summed E-state index contributed by atoms with van der Waals surface area (Å²) in [5.41, 5.74) is 13.7. The van der Waals surface area contributed by atoms with Crippen molar-refractivity contribution in [1.29, 1.82) is 0 Å². The zero-order chi connectivity index (χ0) is 21.7. The molecule has 0 bridgehead atoms. The molecule has 4 aromatic carbocycles. The van der Waals surface area contributed by atoms with Crippen molar-refractivity contribution >= 4 is 22.7 Å². The van der Waals surface area contributed by atoms with Crippen molar-refractivity contribution in [2.75, 3.05) is 23.9 Å². The number of fused-ring (bicyclic) bond motifs is 4. The van der Waals surface area contributed by atoms with Crippen LogP contribution in [0.25, 0.3) is 11.1 Å². The Morgan fingerprint density at radius 1 is 0.438 bits per heavy atom. The van der Waals surface area contributed by atoms with Crippen LogP contribution in [0.15, 0.2) is 84.9 Å². The molecule has 4 aromatic rings. The minimum atomic E-state index is 1.08. The lowest BCUT2D eigenvalue weighted by Crippen LogP contribution is -2.11. The first kappa shape index (κ1) is 19.2. The van der Waals surface area contributed by atoms with Crippen LogP contribution in [0.3, 0.4) is 0 Å². The van der Waals surface area contributed by atoms with E-state index in [0.717, 1.165) is 25.7 Å². The summed E-state index contributed by atoms with van der Waals surface area (Å²) in [5, 5.41) is 0. The lowest BCUT2D eigenvalue weighted by Gasteiger charge is -2.23. The fraction of sp³-hybridized carbons (Fsp3) is 0.200. The summed E-state index contributed by atoms with van der Waals surface area (Å²) < 4.78 is 0. The third-order valence-corrected chi connectivity index (χ3v) is 7.25.